The molecule has 0 aromatic heterocycles. The van der Waals surface area contributed by atoms with E-state index in [-0.39, 0.29) is 11.5 Å². The lowest BCUT2D eigenvalue weighted by Crippen LogP contribution is -1.94. The molecule has 1 N–H and O–H groups in total. The Morgan fingerprint density at radius 3 is 2.62 bits per heavy atom. The van der Waals surface area contributed by atoms with E-state index in [0.717, 1.165) is 5.56 Å². The highest BCUT2D eigenvalue weighted by Crippen LogP contribution is 2.27. The number of phenolic OH excluding ortho intramolecular Hbond substituents is 1. The Morgan fingerprint density at radius 2 is 1.95 bits per heavy atom. The standard InChI is InChI=1S/C17H15ClO3/c1-2-21-17-11-12(4-10-16(17)20)3-9-15(19)13-5-7-14(18)8-6-13/h3-11,20H,2H2,1H3. The maximum absolute atomic E-state index is 12.0. The topological polar surface area (TPSA) is 46.5 Å². The van der Waals surface area contributed by atoms with Gasteiger partial charge >= 0.3 is 0 Å². The molecule has 108 valence electrons. The third kappa shape index (κ3) is 4.10. The number of carbonyl (C=O) groups is 1. The van der Waals surface area contributed by atoms with Gasteiger partial charge in [0.05, 0.1) is 6.61 Å². The maximum atomic E-state index is 12.0. The Balaban J connectivity index is 2.15. The molecule has 4 heteroatoms. The van der Waals surface area contributed by atoms with Gasteiger partial charge in [-0.2, -0.15) is 0 Å². The molecule has 0 fully saturated rings. The molecular weight excluding hydrogens is 288 g/mol. The molecule has 0 atom stereocenters. The van der Waals surface area contributed by atoms with Crippen molar-refractivity contribution < 1.29 is 14.6 Å². The fraction of sp³-hybridized carbons (Fsp3) is 0.118. The van der Waals surface area contributed by atoms with E-state index >= 15 is 0 Å². The molecule has 2 aromatic rings. The molecule has 0 aliphatic carbocycles. The normalized spacial score (nSPS) is 10.8. The third-order valence-corrected chi connectivity index (χ3v) is 3.09. The first-order chi connectivity index (χ1) is 10.1. The molecule has 0 aliphatic rings. The fourth-order valence-corrected chi connectivity index (χ4v) is 1.91. The minimum Gasteiger partial charge on any atom is -0.504 e. The second kappa shape index (κ2) is 6.95. The van der Waals surface area contributed by atoms with Crippen LogP contribution in [-0.2, 0) is 0 Å². The SMILES string of the molecule is CCOc1cc(C=CC(=O)c2ccc(Cl)cc2)ccc1O. The zero-order chi connectivity index (χ0) is 15.2. The smallest absolute Gasteiger partial charge is 0.185 e. The minimum absolute atomic E-state index is 0.0815. The molecule has 2 aromatic carbocycles. The number of hydrogen-bond donors (Lipinski definition) is 1. The van der Waals surface area contributed by atoms with Crippen LogP contribution >= 0.6 is 11.6 Å². The second-order valence-corrected chi connectivity index (χ2v) is 4.80. The molecule has 2 rings (SSSR count). The van der Waals surface area contributed by atoms with Crippen LogP contribution in [0.15, 0.2) is 48.5 Å². The molecule has 0 heterocycles. The first-order valence-corrected chi connectivity index (χ1v) is 6.91. The van der Waals surface area contributed by atoms with Crippen LogP contribution in [0.25, 0.3) is 6.08 Å². The van der Waals surface area contributed by atoms with Crippen molar-refractivity contribution in [2.24, 2.45) is 0 Å². The average molecular weight is 303 g/mol. The number of carbonyl (C=O) groups excluding carboxylic acids is 1. The Labute approximate surface area is 128 Å². The number of ketones is 1. The number of rotatable bonds is 5. The number of benzene rings is 2. The number of phenols is 1. The third-order valence-electron chi connectivity index (χ3n) is 2.84. The van der Waals surface area contributed by atoms with E-state index in [0.29, 0.717) is 22.9 Å². The van der Waals surface area contributed by atoms with Crippen LogP contribution in [0.3, 0.4) is 0 Å². The highest BCUT2D eigenvalue weighted by molar-refractivity contribution is 6.30. The second-order valence-electron chi connectivity index (χ2n) is 4.36. The van der Waals surface area contributed by atoms with Crippen LogP contribution in [0.1, 0.15) is 22.8 Å². The lowest BCUT2D eigenvalue weighted by atomic mass is 10.1. The largest absolute Gasteiger partial charge is 0.504 e. The molecule has 3 nitrogen and oxygen atoms in total. The van der Waals surface area contributed by atoms with Gasteiger partial charge in [0.2, 0.25) is 0 Å². The van der Waals surface area contributed by atoms with E-state index in [2.05, 4.69) is 0 Å². The monoisotopic (exact) mass is 302 g/mol. The highest BCUT2D eigenvalue weighted by atomic mass is 35.5. The summed E-state index contributed by atoms with van der Waals surface area (Å²) in [6.07, 6.45) is 3.16. The summed E-state index contributed by atoms with van der Waals surface area (Å²) in [6.45, 7) is 2.30. The molecule has 21 heavy (non-hydrogen) atoms. The molecule has 0 bridgehead atoms. The number of hydrogen-bond acceptors (Lipinski definition) is 3. The number of allylic oxidation sites excluding steroid dienone is 1. The van der Waals surface area contributed by atoms with Crippen molar-refractivity contribution >= 4 is 23.5 Å². The summed E-state index contributed by atoms with van der Waals surface area (Å²) in [7, 11) is 0. The summed E-state index contributed by atoms with van der Waals surface area (Å²) >= 11 is 5.78. The van der Waals surface area contributed by atoms with Gasteiger partial charge in [0.25, 0.3) is 0 Å². The average Bonchev–Trinajstić information content (AvgIpc) is 2.48. The van der Waals surface area contributed by atoms with Gasteiger partial charge < -0.3 is 9.84 Å². The van der Waals surface area contributed by atoms with Crippen molar-refractivity contribution in [2.75, 3.05) is 6.61 Å². The number of aromatic hydroxyl groups is 1. The van der Waals surface area contributed by atoms with Gasteiger partial charge in [-0.1, -0.05) is 23.7 Å². The van der Waals surface area contributed by atoms with Gasteiger partial charge in [0.1, 0.15) is 0 Å². The summed E-state index contributed by atoms with van der Waals surface area (Å²) in [5, 5.41) is 10.2. The van der Waals surface area contributed by atoms with E-state index in [1.54, 1.807) is 42.5 Å². The number of ether oxygens (including phenoxy) is 1. The van der Waals surface area contributed by atoms with E-state index in [9.17, 15) is 9.90 Å². The van der Waals surface area contributed by atoms with Gasteiger partial charge in [0.15, 0.2) is 17.3 Å². The summed E-state index contributed by atoms with van der Waals surface area (Å²) in [4.78, 5) is 12.0. The zero-order valence-corrected chi connectivity index (χ0v) is 12.3. The Morgan fingerprint density at radius 1 is 1.24 bits per heavy atom. The first kappa shape index (κ1) is 15.1. The van der Waals surface area contributed by atoms with Crippen LogP contribution in [-0.4, -0.2) is 17.5 Å². The Bertz CT molecular complexity index is 660. The number of halogens is 1. The first-order valence-electron chi connectivity index (χ1n) is 6.54. The summed E-state index contributed by atoms with van der Waals surface area (Å²) in [6, 6.07) is 11.6. The molecule has 0 unspecified atom stereocenters. The molecule has 0 spiro atoms. The predicted molar refractivity (Wildman–Crippen MR) is 84.1 cm³/mol. The van der Waals surface area contributed by atoms with E-state index < -0.39 is 0 Å². The van der Waals surface area contributed by atoms with Crippen molar-refractivity contribution in [2.45, 2.75) is 6.92 Å². The molecule has 0 amide bonds. The summed E-state index contributed by atoms with van der Waals surface area (Å²) < 4.78 is 5.30. The van der Waals surface area contributed by atoms with Gasteiger partial charge in [-0.15, -0.1) is 0 Å². The van der Waals surface area contributed by atoms with Crippen LogP contribution in [0.2, 0.25) is 5.02 Å². The van der Waals surface area contributed by atoms with Crippen LogP contribution in [0.4, 0.5) is 0 Å². The minimum atomic E-state index is -0.113. The van der Waals surface area contributed by atoms with Crippen LogP contribution < -0.4 is 4.74 Å². The van der Waals surface area contributed by atoms with Crippen LogP contribution in [0, 0.1) is 0 Å². The molecule has 0 radical (unpaired) electrons. The van der Waals surface area contributed by atoms with Gasteiger partial charge in [0, 0.05) is 10.6 Å². The zero-order valence-electron chi connectivity index (χ0n) is 11.5. The molecule has 0 aliphatic heterocycles. The van der Waals surface area contributed by atoms with Gasteiger partial charge in [-0.3, -0.25) is 4.79 Å². The van der Waals surface area contributed by atoms with Crippen molar-refractivity contribution in [1.82, 2.24) is 0 Å². The molecule has 0 saturated carbocycles. The molecule has 0 saturated heterocycles. The van der Waals surface area contributed by atoms with Gasteiger partial charge in [-0.25, -0.2) is 0 Å². The van der Waals surface area contributed by atoms with Crippen molar-refractivity contribution in [1.29, 1.82) is 0 Å². The summed E-state index contributed by atoms with van der Waals surface area (Å²) in [5.74, 6) is 0.370. The van der Waals surface area contributed by atoms with Crippen molar-refractivity contribution in [3.63, 3.8) is 0 Å². The summed E-state index contributed by atoms with van der Waals surface area (Å²) in [5.41, 5.74) is 1.35. The van der Waals surface area contributed by atoms with E-state index in [1.165, 1.54) is 12.1 Å². The van der Waals surface area contributed by atoms with E-state index in [4.69, 9.17) is 16.3 Å². The van der Waals surface area contributed by atoms with Crippen molar-refractivity contribution in [3.8, 4) is 11.5 Å². The van der Waals surface area contributed by atoms with Crippen molar-refractivity contribution in [3.05, 3.63) is 64.7 Å². The highest BCUT2D eigenvalue weighted by Gasteiger charge is 2.04. The lowest BCUT2D eigenvalue weighted by molar-refractivity contribution is 0.104. The van der Waals surface area contributed by atoms with Gasteiger partial charge in [-0.05, 0) is 55.0 Å². The Kier molecular flexibility index (Phi) is 5.01. The van der Waals surface area contributed by atoms with E-state index in [1.807, 2.05) is 6.92 Å². The predicted octanol–water partition coefficient (Wildman–Crippen LogP) is 4.34. The molecular formula is C17H15ClO3. The Hall–Kier alpha value is -2.26. The quantitative estimate of drug-likeness (QED) is 0.660. The lowest BCUT2D eigenvalue weighted by Gasteiger charge is -2.06. The maximum Gasteiger partial charge on any atom is 0.185 e. The fourth-order valence-electron chi connectivity index (χ4n) is 1.79. The van der Waals surface area contributed by atoms with Crippen LogP contribution in [0.5, 0.6) is 11.5 Å².